The topological polar surface area (TPSA) is 62.7 Å². The normalized spacial score (nSPS) is 18.7. The summed E-state index contributed by atoms with van der Waals surface area (Å²) >= 11 is 1.70. The first-order chi connectivity index (χ1) is 12.6. The minimum atomic E-state index is -3.44. The predicted octanol–water partition coefficient (Wildman–Crippen LogP) is 2.15. The number of aromatic nitrogens is 1. The van der Waals surface area contributed by atoms with Crippen LogP contribution >= 0.6 is 11.3 Å². The highest BCUT2D eigenvalue weighted by atomic mass is 32.2. The summed E-state index contributed by atoms with van der Waals surface area (Å²) in [7, 11) is -3.44. The number of sulfonamides is 1. The molecule has 8 heteroatoms. The van der Waals surface area contributed by atoms with Crippen LogP contribution in [-0.4, -0.2) is 55.4 Å². The third-order valence-electron chi connectivity index (χ3n) is 4.92. The van der Waals surface area contributed by atoms with Crippen molar-refractivity contribution < 1.29 is 13.2 Å². The number of rotatable bonds is 5. The van der Waals surface area contributed by atoms with E-state index >= 15 is 0 Å². The van der Waals surface area contributed by atoms with Gasteiger partial charge in [0, 0.05) is 44.5 Å². The van der Waals surface area contributed by atoms with Crippen molar-refractivity contribution in [2.45, 2.75) is 31.2 Å². The highest BCUT2D eigenvalue weighted by molar-refractivity contribution is 7.89. The lowest BCUT2D eigenvalue weighted by atomic mass is 10.2. The van der Waals surface area contributed by atoms with Gasteiger partial charge in [-0.25, -0.2) is 13.4 Å². The number of aryl methyl sites for hydroxylation is 1. The summed E-state index contributed by atoms with van der Waals surface area (Å²) in [4.78, 5) is 7.26. The van der Waals surface area contributed by atoms with Gasteiger partial charge < -0.3 is 4.74 Å². The van der Waals surface area contributed by atoms with Crippen molar-refractivity contribution in [3.63, 3.8) is 0 Å². The Hall–Kier alpha value is -1.48. The molecule has 1 aromatic heterocycles. The zero-order chi connectivity index (χ0) is 18.1. The SMILES string of the molecule is CCc1nc(CN2CCN(S(=O)(=O)c3ccc4c(c3)CCO4)CC2)cs1. The molecule has 0 bridgehead atoms. The molecule has 0 N–H and O–H groups in total. The first-order valence-corrected chi connectivity index (χ1v) is 11.3. The van der Waals surface area contributed by atoms with Crippen molar-refractivity contribution in [3.8, 4) is 5.75 Å². The Morgan fingerprint density at radius 1 is 1.23 bits per heavy atom. The Labute approximate surface area is 158 Å². The van der Waals surface area contributed by atoms with Crippen LogP contribution in [0.15, 0.2) is 28.5 Å². The lowest BCUT2D eigenvalue weighted by Gasteiger charge is -2.33. The van der Waals surface area contributed by atoms with E-state index in [2.05, 4.69) is 22.2 Å². The van der Waals surface area contributed by atoms with Crippen LogP contribution < -0.4 is 4.74 Å². The zero-order valence-corrected chi connectivity index (χ0v) is 16.5. The quantitative estimate of drug-likeness (QED) is 0.779. The maximum Gasteiger partial charge on any atom is 0.243 e. The smallest absolute Gasteiger partial charge is 0.243 e. The van der Waals surface area contributed by atoms with Crippen LogP contribution in [0.4, 0.5) is 0 Å². The summed E-state index contributed by atoms with van der Waals surface area (Å²) in [5.74, 6) is 0.809. The lowest BCUT2D eigenvalue weighted by molar-refractivity contribution is 0.180. The van der Waals surface area contributed by atoms with E-state index in [0.717, 1.165) is 54.5 Å². The van der Waals surface area contributed by atoms with Gasteiger partial charge in [-0.2, -0.15) is 4.31 Å². The first kappa shape index (κ1) is 17.9. The van der Waals surface area contributed by atoms with Gasteiger partial charge in [-0.3, -0.25) is 4.90 Å². The van der Waals surface area contributed by atoms with Gasteiger partial charge >= 0.3 is 0 Å². The van der Waals surface area contributed by atoms with Gasteiger partial charge in [0.25, 0.3) is 0 Å². The van der Waals surface area contributed by atoms with Gasteiger partial charge in [0.15, 0.2) is 0 Å². The van der Waals surface area contributed by atoms with Gasteiger partial charge in [0.2, 0.25) is 10.0 Å². The Bertz CT molecular complexity index is 887. The van der Waals surface area contributed by atoms with Crippen LogP contribution in [0.5, 0.6) is 5.75 Å². The lowest BCUT2D eigenvalue weighted by Crippen LogP contribution is -2.48. The fraction of sp³-hybridized carbons (Fsp3) is 0.500. The highest BCUT2D eigenvalue weighted by Crippen LogP contribution is 2.29. The largest absolute Gasteiger partial charge is 0.493 e. The molecule has 1 saturated heterocycles. The molecule has 2 aliphatic rings. The highest BCUT2D eigenvalue weighted by Gasteiger charge is 2.29. The molecule has 1 fully saturated rings. The number of hydrogen-bond donors (Lipinski definition) is 0. The molecule has 26 heavy (non-hydrogen) atoms. The molecule has 3 heterocycles. The summed E-state index contributed by atoms with van der Waals surface area (Å²) in [5.41, 5.74) is 2.07. The molecule has 0 aliphatic carbocycles. The number of hydrogen-bond acceptors (Lipinski definition) is 6. The van der Waals surface area contributed by atoms with E-state index in [4.69, 9.17) is 4.74 Å². The summed E-state index contributed by atoms with van der Waals surface area (Å²) in [5, 5.41) is 3.26. The summed E-state index contributed by atoms with van der Waals surface area (Å²) in [6.45, 7) is 6.02. The fourth-order valence-electron chi connectivity index (χ4n) is 3.41. The van der Waals surface area contributed by atoms with E-state index in [-0.39, 0.29) is 0 Å². The molecule has 0 unspecified atom stereocenters. The number of thiazole rings is 1. The number of piperazine rings is 1. The molecular weight excluding hydrogens is 370 g/mol. The van der Waals surface area contributed by atoms with Crippen molar-refractivity contribution in [2.24, 2.45) is 0 Å². The molecule has 2 aromatic rings. The standard InChI is InChI=1S/C18H23N3O3S2/c1-2-18-19-15(13-25-18)12-20-6-8-21(9-7-20)26(22,23)16-3-4-17-14(11-16)5-10-24-17/h3-4,11,13H,2,5-10,12H2,1H3. The second kappa shape index (κ2) is 7.26. The number of ether oxygens (including phenoxy) is 1. The minimum absolute atomic E-state index is 0.377. The maximum atomic E-state index is 13.0. The second-order valence-corrected chi connectivity index (χ2v) is 9.51. The van der Waals surface area contributed by atoms with Crippen molar-refractivity contribution >= 4 is 21.4 Å². The minimum Gasteiger partial charge on any atom is -0.493 e. The predicted molar refractivity (Wildman–Crippen MR) is 101 cm³/mol. The van der Waals surface area contributed by atoms with E-state index in [1.54, 1.807) is 33.8 Å². The van der Waals surface area contributed by atoms with E-state index in [1.807, 2.05) is 0 Å². The van der Waals surface area contributed by atoms with Gasteiger partial charge in [-0.15, -0.1) is 11.3 Å². The van der Waals surface area contributed by atoms with E-state index in [9.17, 15) is 8.42 Å². The average molecular weight is 394 g/mol. The molecule has 2 aliphatic heterocycles. The monoisotopic (exact) mass is 393 g/mol. The molecule has 0 spiro atoms. The Morgan fingerprint density at radius 2 is 2.04 bits per heavy atom. The van der Waals surface area contributed by atoms with E-state index < -0.39 is 10.0 Å². The third kappa shape index (κ3) is 3.51. The van der Waals surface area contributed by atoms with E-state index in [0.29, 0.717) is 24.6 Å². The van der Waals surface area contributed by atoms with Crippen molar-refractivity contribution in [3.05, 3.63) is 39.8 Å². The maximum absolute atomic E-state index is 13.0. The Kier molecular flexibility index (Phi) is 5.00. The van der Waals surface area contributed by atoms with E-state index in [1.165, 1.54) is 0 Å². The van der Waals surface area contributed by atoms with Gasteiger partial charge in [-0.1, -0.05) is 6.92 Å². The average Bonchev–Trinajstić information content (AvgIpc) is 3.30. The van der Waals surface area contributed by atoms with Crippen molar-refractivity contribution in [2.75, 3.05) is 32.8 Å². The zero-order valence-electron chi connectivity index (χ0n) is 14.8. The first-order valence-electron chi connectivity index (χ1n) is 8.98. The number of fused-ring (bicyclic) bond motifs is 1. The van der Waals surface area contributed by atoms with Crippen LogP contribution in [-0.2, 0) is 29.4 Å². The van der Waals surface area contributed by atoms with Crippen LogP contribution in [0.1, 0.15) is 23.2 Å². The molecule has 1 aromatic carbocycles. The number of benzene rings is 1. The molecule has 4 rings (SSSR count). The summed E-state index contributed by atoms with van der Waals surface area (Å²) in [6.07, 6.45) is 1.74. The molecular formula is C18H23N3O3S2. The third-order valence-corrected chi connectivity index (χ3v) is 7.85. The summed E-state index contributed by atoms with van der Waals surface area (Å²) in [6, 6.07) is 5.21. The summed E-state index contributed by atoms with van der Waals surface area (Å²) < 4.78 is 33.0. The molecule has 0 amide bonds. The van der Waals surface area contributed by atoms with Crippen LogP contribution in [0, 0.1) is 0 Å². The van der Waals surface area contributed by atoms with Gasteiger partial charge in [0.05, 0.1) is 22.2 Å². The van der Waals surface area contributed by atoms with Crippen molar-refractivity contribution in [1.82, 2.24) is 14.2 Å². The van der Waals surface area contributed by atoms with Gasteiger partial charge in [-0.05, 0) is 30.2 Å². The van der Waals surface area contributed by atoms with Crippen LogP contribution in [0.2, 0.25) is 0 Å². The molecule has 0 atom stereocenters. The molecule has 0 radical (unpaired) electrons. The Morgan fingerprint density at radius 3 is 2.77 bits per heavy atom. The molecule has 0 saturated carbocycles. The molecule has 6 nitrogen and oxygen atoms in total. The number of nitrogens with zero attached hydrogens (tertiary/aromatic N) is 3. The van der Waals surface area contributed by atoms with Gasteiger partial charge in [0.1, 0.15) is 5.75 Å². The fourth-order valence-corrected chi connectivity index (χ4v) is 5.62. The Balaban J connectivity index is 1.40. The van der Waals surface area contributed by atoms with Crippen LogP contribution in [0.25, 0.3) is 0 Å². The van der Waals surface area contributed by atoms with Crippen LogP contribution in [0.3, 0.4) is 0 Å². The van der Waals surface area contributed by atoms with Crippen molar-refractivity contribution in [1.29, 1.82) is 0 Å². The molecule has 140 valence electrons. The second-order valence-electron chi connectivity index (χ2n) is 6.63.